The molecule has 0 fully saturated rings. The number of aromatic nitrogens is 3. The van der Waals surface area contributed by atoms with E-state index in [-0.39, 0.29) is 36.6 Å². The number of benzene rings is 6. The molecule has 0 spiro atoms. The highest BCUT2D eigenvalue weighted by molar-refractivity contribution is 5.86. The van der Waals surface area contributed by atoms with E-state index in [1.165, 1.54) is 13.2 Å². The van der Waals surface area contributed by atoms with Gasteiger partial charge in [0.05, 0.1) is 44.6 Å². The largest absolute Gasteiger partial charge is 0.497 e. The van der Waals surface area contributed by atoms with E-state index < -0.39 is 0 Å². The van der Waals surface area contributed by atoms with Crippen LogP contribution < -0.4 is 39.3 Å². The van der Waals surface area contributed by atoms with Crippen LogP contribution in [0.3, 0.4) is 0 Å². The van der Waals surface area contributed by atoms with Crippen LogP contribution in [0.5, 0.6) is 34.5 Å². The van der Waals surface area contributed by atoms with Crippen molar-refractivity contribution >= 4 is 21.9 Å². The fourth-order valence-electron chi connectivity index (χ4n) is 7.70. The first-order valence-corrected chi connectivity index (χ1v) is 23.1. The summed E-state index contributed by atoms with van der Waals surface area (Å²) in [5.41, 5.74) is 4.36. The Balaban J connectivity index is 0.707. The molecule has 0 radical (unpaired) electrons. The number of nitrogens with zero attached hydrogens (tertiary/aromatic N) is 3. The molecule has 0 saturated heterocycles. The van der Waals surface area contributed by atoms with Crippen molar-refractivity contribution in [3.05, 3.63) is 189 Å². The van der Waals surface area contributed by atoms with Crippen LogP contribution in [0.1, 0.15) is 23.2 Å². The molecule has 0 aliphatic rings. The zero-order valence-electron chi connectivity index (χ0n) is 39.2. The van der Waals surface area contributed by atoms with E-state index in [1.807, 2.05) is 115 Å². The van der Waals surface area contributed by atoms with Crippen LogP contribution in [0.4, 0.5) is 0 Å². The van der Waals surface area contributed by atoms with Crippen molar-refractivity contribution in [3.8, 4) is 57.1 Å². The lowest BCUT2D eigenvalue weighted by molar-refractivity contribution is 0.0510. The van der Waals surface area contributed by atoms with Crippen LogP contribution >= 0.6 is 0 Å². The number of aryl methyl sites for hydroxylation is 1. The zero-order valence-corrected chi connectivity index (χ0v) is 39.2. The summed E-state index contributed by atoms with van der Waals surface area (Å²) < 4.78 is 60.4. The Labute approximate surface area is 408 Å². The van der Waals surface area contributed by atoms with E-state index in [2.05, 4.69) is 10.3 Å². The van der Waals surface area contributed by atoms with Crippen LogP contribution in [0, 0.1) is 0 Å². The number of fused-ring (bicyclic) bond motifs is 2. The van der Waals surface area contributed by atoms with Crippen LogP contribution in [0.15, 0.2) is 170 Å². The van der Waals surface area contributed by atoms with Gasteiger partial charge in [-0.2, -0.15) is 0 Å². The fraction of sp³-hybridized carbons (Fsp3) is 0.214. The molecular weight excluding hydrogens is 907 g/mol. The van der Waals surface area contributed by atoms with Gasteiger partial charge in [0.1, 0.15) is 70.9 Å². The summed E-state index contributed by atoms with van der Waals surface area (Å²) >= 11 is 0. The van der Waals surface area contributed by atoms with E-state index in [0.29, 0.717) is 113 Å². The highest BCUT2D eigenvalue weighted by Gasteiger charge is 2.19. The standard InChI is InChI=1S/C56H51N3O12/c1-62-37-69-46-31-51(67-35-38-10-4-3-5-11-38)53-48(60)33-50(70-52(53)32-46)40-17-21-43(22-18-40)65-26-9-13-42-34-59(58-57-42)25-27-64-28-29-66-44-23-19-41(20-24-44)55-56(54(61)47-15-6-7-16-49(47)71-55)68-36-39-12-8-14-45(30-39)63-2/h3-8,10-12,14-24,30-34H,9,13,25-29,35-37H2,1-2H3. The third kappa shape index (κ3) is 12.3. The van der Waals surface area contributed by atoms with Crippen molar-refractivity contribution in [3.63, 3.8) is 0 Å². The Kier molecular flexibility index (Phi) is 15.6. The molecule has 0 bridgehead atoms. The Hall–Kier alpha value is -8.40. The summed E-state index contributed by atoms with van der Waals surface area (Å²) in [5, 5.41) is 9.31. The van der Waals surface area contributed by atoms with Crippen LogP contribution in [-0.2, 0) is 35.7 Å². The van der Waals surface area contributed by atoms with Gasteiger partial charge in [-0.05, 0) is 96.8 Å². The molecule has 9 aromatic rings. The zero-order chi connectivity index (χ0) is 48.8. The molecule has 0 saturated carbocycles. The molecule has 15 nitrogen and oxygen atoms in total. The molecule has 3 heterocycles. The van der Waals surface area contributed by atoms with E-state index in [9.17, 15) is 9.59 Å². The van der Waals surface area contributed by atoms with Crippen molar-refractivity contribution in [2.24, 2.45) is 0 Å². The quantitative estimate of drug-likeness (QED) is 0.0415. The summed E-state index contributed by atoms with van der Waals surface area (Å²) in [5.74, 6) is 3.69. The predicted octanol–water partition coefficient (Wildman–Crippen LogP) is 10.1. The summed E-state index contributed by atoms with van der Waals surface area (Å²) in [6.45, 7) is 2.60. The van der Waals surface area contributed by atoms with Crippen LogP contribution in [-0.4, -0.2) is 62.4 Å². The molecule has 0 amide bonds. The van der Waals surface area contributed by atoms with E-state index in [4.69, 9.17) is 46.7 Å². The maximum Gasteiger partial charge on any atom is 0.235 e. The highest BCUT2D eigenvalue weighted by atomic mass is 16.7. The van der Waals surface area contributed by atoms with Crippen LogP contribution in [0.25, 0.3) is 44.6 Å². The van der Waals surface area contributed by atoms with Crippen molar-refractivity contribution in [2.75, 3.05) is 47.4 Å². The molecule has 15 heteroatoms. The minimum absolute atomic E-state index is 0.0232. The van der Waals surface area contributed by atoms with Gasteiger partial charge in [-0.3, -0.25) is 9.59 Å². The molecule has 0 atom stereocenters. The average Bonchev–Trinajstić information content (AvgIpc) is 3.87. The van der Waals surface area contributed by atoms with Gasteiger partial charge in [0.2, 0.25) is 11.2 Å². The van der Waals surface area contributed by atoms with E-state index in [1.54, 1.807) is 42.1 Å². The van der Waals surface area contributed by atoms with Gasteiger partial charge in [0.15, 0.2) is 18.0 Å². The molecule has 6 aromatic carbocycles. The van der Waals surface area contributed by atoms with Crippen molar-refractivity contribution in [1.29, 1.82) is 0 Å². The Morgan fingerprint density at radius 1 is 0.592 bits per heavy atom. The van der Waals surface area contributed by atoms with Gasteiger partial charge in [-0.25, -0.2) is 4.68 Å². The van der Waals surface area contributed by atoms with Gasteiger partial charge in [0.25, 0.3) is 0 Å². The number of rotatable bonds is 24. The maximum atomic E-state index is 13.6. The lowest BCUT2D eigenvalue weighted by Gasteiger charge is -2.13. The highest BCUT2D eigenvalue weighted by Crippen LogP contribution is 2.35. The molecule has 0 aliphatic carbocycles. The van der Waals surface area contributed by atoms with Gasteiger partial charge in [0, 0.05) is 42.6 Å². The third-order valence-electron chi connectivity index (χ3n) is 11.3. The lowest BCUT2D eigenvalue weighted by atomic mass is 10.1. The minimum atomic E-state index is -0.251. The Bertz CT molecular complexity index is 3300. The van der Waals surface area contributed by atoms with Crippen molar-refractivity contribution < 1.29 is 46.7 Å². The van der Waals surface area contributed by atoms with Crippen LogP contribution in [0.2, 0.25) is 0 Å². The molecule has 362 valence electrons. The summed E-state index contributed by atoms with van der Waals surface area (Å²) in [4.78, 5) is 27.1. The van der Waals surface area contributed by atoms with Gasteiger partial charge >= 0.3 is 0 Å². The first-order chi connectivity index (χ1) is 34.9. The fourth-order valence-corrected chi connectivity index (χ4v) is 7.70. The SMILES string of the molecule is COCOc1cc(OCc2ccccc2)c2c(=O)cc(-c3ccc(OCCCc4cn(CCOCCOc5ccc(-c6oc7ccccc7c(=O)c6OCc6cccc(OC)c6)cc5)nn4)cc3)oc2c1. The Morgan fingerprint density at radius 2 is 1.34 bits per heavy atom. The summed E-state index contributed by atoms with van der Waals surface area (Å²) in [7, 11) is 3.14. The summed E-state index contributed by atoms with van der Waals surface area (Å²) in [6, 6.07) is 43.8. The monoisotopic (exact) mass is 957 g/mol. The molecule has 0 N–H and O–H groups in total. The van der Waals surface area contributed by atoms with Gasteiger partial charge in [-0.1, -0.05) is 59.8 Å². The smallest absolute Gasteiger partial charge is 0.235 e. The molecule has 0 aliphatic heterocycles. The number of methoxy groups -OCH3 is 2. The predicted molar refractivity (Wildman–Crippen MR) is 267 cm³/mol. The summed E-state index contributed by atoms with van der Waals surface area (Å²) in [6.07, 6.45) is 3.32. The number of hydrogen-bond donors (Lipinski definition) is 0. The van der Waals surface area contributed by atoms with E-state index in [0.717, 1.165) is 23.2 Å². The molecule has 9 rings (SSSR count). The number of para-hydroxylation sites is 1. The minimum Gasteiger partial charge on any atom is -0.497 e. The topological polar surface area (TPSA) is 165 Å². The van der Waals surface area contributed by atoms with Gasteiger partial charge < -0.3 is 46.7 Å². The van der Waals surface area contributed by atoms with Gasteiger partial charge in [-0.15, -0.1) is 5.10 Å². The lowest BCUT2D eigenvalue weighted by Crippen LogP contribution is -2.12. The second-order valence-electron chi connectivity index (χ2n) is 16.3. The second kappa shape index (κ2) is 23.3. The normalized spacial score (nSPS) is 11.2. The van der Waals surface area contributed by atoms with Crippen molar-refractivity contribution in [1.82, 2.24) is 15.0 Å². The number of ether oxygens (including phenoxy) is 8. The first-order valence-electron chi connectivity index (χ1n) is 23.1. The molecule has 0 unspecified atom stereocenters. The van der Waals surface area contributed by atoms with Crippen molar-refractivity contribution in [2.45, 2.75) is 32.6 Å². The molecule has 3 aromatic heterocycles. The second-order valence-corrected chi connectivity index (χ2v) is 16.3. The third-order valence-corrected chi connectivity index (χ3v) is 11.3. The average molecular weight is 958 g/mol. The number of hydrogen-bond acceptors (Lipinski definition) is 14. The van der Waals surface area contributed by atoms with E-state index >= 15 is 0 Å². The molecule has 71 heavy (non-hydrogen) atoms. The first kappa shape index (κ1) is 47.7. The Morgan fingerprint density at radius 3 is 2.14 bits per heavy atom. The molecular formula is C56H51N3O12. The maximum absolute atomic E-state index is 13.6.